The Labute approximate surface area is 68.8 Å². The smallest absolute Gasteiger partial charge is 0.273 e. The van der Waals surface area contributed by atoms with E-state index in [4.69, 9.17) is 16.3 Å². The number of thiazole rings is 1. The number of rotatable bonds is 3. The molecule has 0 bridgehead atoms. The van der Waals surface area contributed by atoms with Gasteiger partial charge in [-0.15, -0.1) is 11.6 Å². The molecule has 1 heterocycles. The average Bonchev–Trinajstić information content (AvgIpc) is 2.37. The van der Waals surface area contributed by atoms with Crippen LogP contribution < -0.4 is 4.74 Å². The summed E-state index contributed by atoms with van der Waals surface area (Å²) in [4.78, 5) is 5.16. The van der Waals surface area contributed by atoms with Crippen molar-refractivity contribution in [3.05, 3.63) is 11.1 Å². The van der Waals surface area contributed by atoms with E-state index in [0.29, 0.717) is 11.1 Å². The predicted molar refractivity (Wildman–Crippen MR) is 43.1 cm³/mol. The van der Waals surface area contributed by atoms with Crippen molar-refractivity contribution in [1.29, 1.82) is 0 Å². The number of hydrogen-bond donors (Lipinski definition) is 0. The third-order valence-corrected chi connectivity index (χ3v) is 2.26. The highest BCUT2D eigenvalue weighted by molar-refractivity contribution is 7.13. The molecule has 0 saturated carbocycles. The van der Waals surface area contributed by atoms with E-state index < -0.39 is 0 Å². The molecule has 0 fully saturated rings. The number of halogens is 1. The summed E-state index contributed by atoms with van der Waals surface area (Å²) >= 11 is 7.07. The first-order valence-corrected chi connectivity index (χ1v) is 4.26. The van der Waals surface area contributed by atoms with Crippen molar-refractivity contribution in [3.8, 4) is 5.19 Å². The van der Waals surface area contributed by atoms with Gasteiger partial charge in [-0.1, -0.05) is 11.3 Å². The minimum absolute atomic E-state index is 0.644. The first kappa shape index (κ1) is 7.82. The van der Waals surface area contributed by atoms with Gasteiger partial charge in [-0.2, -0.15) is 0 Å². The Morgan fingerprint density at radius 3 is 3.10 bits per heavy atom. The van der Waals surface area contributed by atoms with Gasteiger partial charge >= 0.3 is 0 Å². The number of methoxy groups -OCH3 is 1. The highest BCUT2D eigenvalue weighted by Gasteiger charge is 1.98. The maximum Gasteiger partial charge on any atom is 0.273 e. The van der Waals surface area contributed by atoms with Crippen molar-refractivity contribution >= 4 is 22.9 Å². The van der Waals surface area contributed by atoms with E-state index in [-0.39, 0.29) is 0 Å². The molecule has 0 aliphatic heterocycles. The molecule has 0 radical (unpaired) electrons. The molecular weight excluding hydrogens is 170 g/mol. The molecule has 0 atom stereocenters. The third-order valence-electron chi connectivity index (χ3n) is 1.05. The molecule has 56 valence electrons. The fourth-order valence-electron chi connectivity index (χ4n) is 0.593. The minimum Gasteiger partial charge on any atom is -0.473 e. The summed E-state index contributed by atoms with van der Waals surface area (Å²) in [7, 11) is 1.61. The molecule has 4 heteroatoms. The van der Waals surface area contributed by atoms with Crippen LogP contribution in [0.4, 0.5) is 0 Å². The van der Waals surface area contributed by atoms with Crippen LogP contribution in [0.15, 0.2) is 6.20 Å². The molecule has 0 aromatic carbocycles. The van der Waals surface area contributed by atoms with Crippen molar-refractivity contribution in [2.75, 3.05) is 13.0 Å². The van der Waals surface area contributed by atoms with Crippen LogP contribution >= 0.6 is 22.9 Å². The topological polar surface area (TPSA) is 22.1 Å². The maximum atomic E-state index is 5.53. The lowest BCUT2D eigenvalue weighted by Gasteiger charge is -1.87. The van der Waals surface area contributed by atoms with Crippen LogP contribution in [0.3, 0.4) is 0 Å². The molecule has 0 amide bonds. The number of ether oxygens (including phenoxy) is 1. The predicted octanol–water partition coefficient (Wildman–Crippen LogP) is 1.93. The Balaban J connectivity index is 2.59. The lowest BCUT2D eigenvalue weighted by molar-refractivity contribution is 0.412. The Bertz CT molecular complexity index is 201. The van der Waals surface area contributed by atoms with Gasteiger partial charge in [0.2, 0.25) is 0 Å². The van der Waals surface area contributed by atoms with E-state index in [2.05, 4.69) is 4.98 Å². The second kappa shape index (κ2) is 3.78. The molecule has 0 N–H and O–H groups in total. The molecule has 0 aliphatic rings. The van der Waals surface area contributed by atoms with Gasteiger partial charge in [-0.3, -0.25) is 0 Å². The van der Waals surface area contributed by atoms with Gasteiger partial charge in [0.1, 0.15) is 0 Å². The summed E-state index contributed by atoms with van der Waals surface area (Å²) in [5.41, 5.74) is 0. The number of nitrogens with zero attached hydrogens (tertiary/aromatic N) is 1. The Hall–Kier alpha value is -0.280. The zero-order valence-electron chi connectivity index (χ0n) is 5.63. The summed E-state index contributed by atoms with van der Waals surface area (Å²) in [6.45, 7) is 0. The summed E-state index contributed by atoms with van der Waals surface area (Å²) in [6, 6.07) is 0. The second-order valence-corrected chi connectivity index (χ2v) is 3.19. The highest BCUT2D eigenvalue weighted by Crippen LogP contribution is 2.20. The molecule has 1 aromatic heterocycles. The van der Waals surface area contributed by atoms with Crippen molar-refractivity contribution in [2.45, 2.75) is 6.42 Å². The summed E-state index contributed by atoms with van der Waals surface area (Å²) < 4.78 is 4.91. The number of alkyl halides is 1. The van der Waals surface area contributed by atoms with E-state index in [1.54, 1.807) is 13.3 Å². The van der Waals surface area contributed by atoms with Gasteiger partial charge in [-0.25, -0.2) is 4.98 Å². The largest absolute Gasteiger partial charge is 0.473 e. The highest BCUT2D eigenvalue weighted by atomic mass is 35.5. The minimum atomic E-state index is 0.644. The third kappa shape index (κ3) is 1.85. The van der Waals surface area contributed by atoms with Crippen LogP contribution in [0, 0.1) is 0 Å². The summed E-state index contributed by atoms with van der Waals surface area (Å²) in [5.74, 6) is 0.644. The quantitative estimate of drug-likeness (QED) is 0.659. The number of hydrogen-bond acceptors (Lipinski definition) is 3. The SMILES string of the molecule is COc1ncc(CCCl)s1. The van der Waals surface area contributed by atoms with Gasteiger partial charge in [0, 0.05) is 17.0 Å². The fraction of sp³-hybridized carbons (Fsp3) is 0.500. The van der Waals surface area contributed by atoms with Crippen molar-refractivity contribution in [1.82, 2.24) is 4.98 Å². The zero-order chi connectivity index (χ0) is 7.40. The summed E-state index contributed by atoms with van der Waals surface area (Å²) in [6.07, 6.45) is 2.68. The molecule has 0 unspecified atom stereocenters. The van der Waals surface area contributed by atoms with Gasteiger partial charge < -0.3 is 4.74 Å². The Morgan fingerprint density at radius 2 is 2.60 bits per heavy atom. The van der Waals surface area contributed by atoms with Gasteiger partial charge in [-0.05, 0) is 6.42 Å². The van der Waals surface area contributed by atoms with E-state index in [9.17, 15) is 0 Å². The number of aryl methyl sites for hydroxylation is 1. The van der Waals surface area contributed by atoms with Crippen LogP contribution in [0.5, 0.6) is 5.19 Å². The first-order valence-electron chi connectivity index (χ1n) is 2.91. The van der Waals surface area contributed by atoms with Gasteiger partial charge in [0.25, 0.3) is 5.19 Å². The molecule has 10 heavy (non-hydrogen) atoms. The van der Waals surface area contributed by atoms with Crippen LogP contribution in [-0.2, 0) is 6.42 Å². The van der Waals surface area contributed by atoms with Crippen molar-refractivity contribution < 1.29 is 4.74 Å². The normalized spacial score (nSPS) is 9.80. The zero-order valence-corrected chi connectivity index (χ0v) is 7.21. The molecule has 0 aliphatic carbocycles. The van der Waals surface area contributed by atoms with Crippen LogP contribution in [-0.4, -0.2) is 18.0 Å². The number of aromatic nitrogens is 1. The van der Waals surface area contributed by atoms with Crippen LogP contribution in [0.25, 0.3) is 0 Å². The Kier molecular flexibility index (Phi) is 2.96. The molecule has 1 rings (SSSR count). The van der Waals surface area contributed by atoms with Crippen molar-refractivity contribution in [3.63, 3.8) is 0 Å². The standard InChI is InChI=1S/C6H8ClNOS/c1-9-6-8-4-5(10-6)2-3-7/h4H,2-3H2,1H3. The Morgan fingerprint density at radius 1 is 1.80 bits per heavy atom. The van der Waals surface area contributed by atoms with Gasteiger partial charge in [0.15, 0.2) is 0 Å². The van der Waals surface area contributed by atoms with Crippen LogP contribution in [0.2, 0.25) is 0 Å². The lowest BCUT2D eigenvalue weighted by Crippen LogP contribution is -1.77. The van der Waals surface area contributed by atoms with E-state index in [1.165, 1.54) is 16.2 Å². The molecule has 0 saturated heterocycles. The molecular formula is C6H8ClNOS. The van der Waals surface area contributed by atoms with E-state index in [1.807, 2.05) is 0 Å². The lowest BCUT2D eigenvalue weighted by atomic mass is 10.4. The van der Waals surface area contributed by atoms with Crippen LogP contribution in [0.1, 0.15) is 4.88 Å². The van der Waals surface area contributed by atoms with Crippen molar-refractivity contribution in [2.24, 2.45) is 0 Å². The second-order valence-electron chi connectivity index (χ2n) is 1.74. The van der Waals surface area contributed by atoms with E-state index >= 15 is 0 Å². The van der Waals surface area contributed by atoms with Gasteiger partial charge in [0.05, 0.1) is 7.11 Å². The monoisotopic (exact) mass is 177 g/mol. The summed E-state index contributed by atoms with van der Waals surface area (Å²) in [5, 5.41) is 0.708. The maximum absolute atomic E-state index is 5.53. The van der Waals surface area contributed by atoms with E-state index in [0.717, 1.165) is 6.42 Å². The first-order chi connectivity index (χ1) is 4.86. The average molecular weight is 178 g/mol. The fourth-order valence-corrected chi connectivity index (χ4v) is 1.63. The molecule has 1 aromatic rings. The molecule has 2 nitrogen and oxygen atoms in total. The molecule has 0 spiro atoms.